The topological polar surface area (TPSA) is 96.0 Å². The average molecular weight is 423 g/mol. The van der Waals surface area contributed by atoms with Crippen molar-refractivity contribution in [1.29, 1.82) is 0 Å². The predicted octanol–water partition coefficient (Wildman–Crippen LogP) is 2.34. The van der Waals surface area contributed by atoms with Crippen molar-refractivity contribution in [3.63, 3.8) is 0 Å². The molecule has 1 aliphatic heterocycles. The third-order valence-electron chi connectivity index (χ3n) is 5.01. The van der Waals surface area contributed by atoms with Crippen molar-refractivity contribution in [2.24, 2.45) is 0 Å². The zero-order valence-corrected chi connectivity index (χ0v) is 17.4. The lowest BCUT2D eigenvalue weighted by Crippen LogP contribution is -2.42. The van der Waals surface area contributed by atoms with Gasteiger partial charge in [-0.2, -0.15) is 0 Å². The Morgan fingerprint density at radius 3 is 2.45 bits per heavy atom. The first kappa shape index (κ1) is 22.0. The Balaban J connectivity index is 1.65. The molecule has 0 aliphatic carbocycles. The number of fused-ring (bicyclic) bond motifs is 1. The summed E-state index contributed by atoms with van der Waals surface area (Å²) in [5.74, 6) is -1.22. The molecule has 0 fully saturated rings. The minimum absolute atomic E-state index is 0.0207. The third-order valence-corrected chi connectivity index (χ3v) is 5.01. The second-order valence-corrected chi connectivity index (χ2v) is 7.17. The predicted molar refractivity (Wildman–Crippen MR) is 115 cm³/mol. The number of benzene rings is 2. The molecule has 0 unspecified atom stereocenters. The van der Waals surface area contributed by atoms with Gasteiger partial charge in [-0.1, -0.05) is 42.5 Å². The number of amides is 3. The smallest absolute Gasteiger partial charge is 0.307 e. The largest absolute Gasteiger partial charge is 0.469 e. The van der Waals surface area contributed by atoms with E-state index in [0.717, 1.165) is 5.56 Å². The van der Waals surface area contributed by atoms with Crippen LogP contribution in [0.1, 0.15) is 24.8 Å². The lowest BCUT2D eigenvalue weighted by Gasteiger charge is -2.29. The number of nitrogens with zero attached hydrogens (tertiary/aromatic N) is 2. The molecule has 31 heavy (non-hydrogen) atoms. The van der Waals surface area contributed by atoms with Gasteiger partial charge in [-0.15, -0.1) is 0 Å². The molecule has 0 aromatic heterocycles. The molecule has 0 atom stereocenters. The Kier molecular flexibility index (Phi) is 7.37. The lowest BCUT2D eigenvalue weighted by atomic mass is 10.1. The Bertz CT molecular complexity index is 961. The van der Waals surface area contributed by atoms with Crippen LogP contribution in [0.4, 0.5) is 11.4 Å². The number of hydrogen-bond donors (Lipinski definition) is 1. The maximum absolute atomic E-state index is 12.9. The number of rotatable bonds is 8. The van der Waals surface area contributed by atoms with Crippen LogP contribution in [0.5, 0.6) is 0 Å². The van der Waals surface area contributed by atoms with E-state index in [1.54, 1.807) is 29.2 Å². The fourth-order valence-corrected chi connectivity index (χ4v) is 3.39. The van der Waals surface area contributed by atoms with Crippen LogP contribution in [0.15, 0.2) is 54.6 Å². The second-order valence-electron chi connectivity index (χ2n) is 7.17. The summed E-state index contributed by atoms with van der Waals surface area (Å²) in [5.41, 5.74) is 2.11. The van der Waals surface area contributed by atoms with Crippen LogP contribution in [0.3, 0.4) is 0 Å². The summed E-state index contributed by atoms with van der Waals surface area (Å²) in [5, 5.41) is 2.74. The molecule has 2 aromatic rings. The van der Waals surface area contributed by atoms with Crippen molar-refractivity contribution in [2.75, 3.05) is 30.4 Å². The lowest BCUT2D eigenvalue weighted by molar-refractivity contribution is -0.142. The van der Waals surface area contributed by atoms with Gasteiger partial charge in [0, 0.05) is 25.9 Å². The standard InChI is InChI=1S/C23H25N3O5/c1-31-23(30)13-14-25(15-17-7-3-2-4-8-17)21(28)11-12-22(29)26-16-20(27)24-18-9-5-6-10-19(18)26/h2-10H,11-16H2,1H3,(H,24,27). The molecule has 2 aromatic carbocycles. The van der Waals surface area contributed by atoms with E-state index in [0.29, 0.717) is 17.9 Å². The van der Waals surface area contributed by atoms with Gasteiger partial charge in [-0.05, 0) is 17.7 Å². The maximum atomic E-state index is 12.9. The van der Waals surface area contributed by atoms with Crippen LogP contribution < -0.4 is 10.2 Å². The Morgan fingerprint density at radius 2 is 1.71 bits per heavy atom. The van der Waals surface area contributed by atoms with Gasteiger partial charge in [0.2, 0.25) is 17.7 Å². The van der Waals surface area contributed by atoms with E-state index < -0.39 is 5.97 Å². The number of carbonyl (C=O) groups excluding carboxylic acids is 4. The highest BCUT2D eigenvalue weighted by molar-refractivity contribution is 6.10. The third kappa shape index (κ3) is 5.91. The minimum Gasteiger partial charge on any atom is -0.469 e. The summed E-state index contributed by atoms with van der Waals surface area (Å²) >= 11 is 0. The van der Waals surface area contributed by atoms with E-state index in [4.69, 9.17) is 0 Å². The van der Waals surface area contributed by atoms with E-state index >= 15 is 0 Å². The van der Waals surface area contributed by atoms with Crippen LogP contribution >= 0.6 is 0 Å². The monoisotopic (exact) mass is 423 g/mol. The zero-order valence-electron chi connectivity index (χ0n) is 17.4. The quantitative estimate of drug-likeness (QED) is 0.658. The van der Waals surface area contributed by atoms with Crippen molar-refractivity contribution < 1.29 is 23.9 Å². The summed E-state index contributed by atoms with van der Waals surface area (Å²) in [6.45, 7) is 0.448. The van der Waals surface area contributed by atoms with Crippen LogP contribution in [-0.4, -0.2) is 48.8 Å². The fourth-order valence-electron chi connectivity index (χ4n) is 3.39. The van der Waals surface area contributed by atoms with Crippen molar-refractivity contribution in [3.8, 4) is 0 Å². The van der Waals surface area contributed by atoms with E-state index in [2.05, 4.69) is 10.1 Å². The number of para-hydroxylation sites is 2. The van der Waals surface area contributed by atoms with Gasteiger partial charge in [-0.25, -0.2) is 0 Å². The first-order valence-electron chi connectivity index (χ1n) is 10.1. The number of esters is 1. The first-order valence-corrected chi connectivity index (χ1v) is 10.1. The number of carbonyl (C=O) groups is 4. The molecule has 0 bridgehead atoms. The highest BCUT2D eigenvalue weighted by Gasteiger charge is 2.27. The first-order chi connectivity index (χ1) is 15.0. The van der Waals surface area contributed by atoms with Crippen LogP contribution in [-0.2, 0) is 30.5 Å². The number of hydrogen-bond acceptors (Lipinski definition) is 5. The molecular weight excluding hydrogens is 398 g/mol. The normalized spacial score (nSPS) is 12.5. The average Bonchev–Trinajstić information content (AvgIpc) is 2.79. The van der Waals surface area contributed by atoms with E-state index in [9.17, 15) is 19.2 Å². The second kappa shape index (κ2) is 10.4. The van der Waals surface area contributed by atoms with E-state index in [1.165, 1.54) is 12.0 Å². The van der Waals surface area contributed by atoms with Gasteiger partial charge in [0.15, 0.2) is 0 Å². The highest BCUT2D eigenvalue weighted by Crippen LogP contribution is 2.29. The molecular formula is C23H25N3O5. The minimum atomic E-state index is -0.405. The molecule has 3 rings (SSSR count). The Morgan fingerprint density at radius 1 is 1.00 bits per heavy atom. The highest BCUT2D eigenvalue weighted by atomic mass is 16.5. The molecule has 1 heterocycles. The number of nitrogens with one attached hydrogen (secondary N) is 1. The fraction of sp³-hybridized carbons (Fsp3) is 0.304. The van der Waals surface area contributed by atoms with Crippen LogP contribution in [0.2, 0.25) is 0 Å². The van der Waals surface area contributed by atoms with Crippen LogP contribution in [0.25, 0.3) is 0 Å². The van der Waals surface area contributed by atoms with Crippen LogP contribution in [0, 0.1) is 0 Å². The molecule has 8 heteroatoms. The van der Waals surface area contributed by atoms with Gasteiger partial charge in [0.25, 0.3) is 0 Å². The van der Waals surface area contributed by atoms with Gasteiger partial charge >= 0.3 is 5.97 Å². The van der Waals surface area contributed by atoms with Crippen molar-refractivity contribution in [1.82, 2.24) is 4.90 Å². The molecule has 162 valence electrons. The summed E-state index contributed by atoms with van der Waals surface area (Å²) in [6.07, 6.45) is 0.0137. The summed E-state index contributed by atoms with van der Waals surface area (Å²) in [7, 11) is 1.30. The van der Waals surface area contributed by atoms with Crippen molar-refractivity contribution in [3.05, 3.63) is 60.2 Å². The van der Waals surface area contributed by atoms with Gasteiger partial charge in [0.05, 0.1) is 24.9 Å². The maximum Gasteiger partial charge on any atom is 0.307 e. The molecule has 0 saturated carbocycles. The number of ether oxygens (including phenoxy) is 1. The number of methoxy groups -OCH3 is 1. The summed E-state index contributed by atoms with van der Waals surface area (Å²) < 4.78 is 4.68. The van der Waals surface area contributed by atoms with Crippen molar-refractivity contribution >= 4 is 35.1 Å². The Hall–Kier alpha value is -3.68. The van der Waals surface area contributed by atoms with Gasteiger partial charge in [0.1, 0.15) is 6.54 Å². The summed E-state index contributed by atoms with van der Waals surface area (Å²) in [4.78, 5) is 52.1. The molecule has 3 amide bonds. The van der Waals surface area contributed by atoms with Gasteiger partial charge in [-0.3, -0.25) is 19.2 Å². The SMILES string of the molecule is COC(=O)CCN(Cc1ccccc1)C(=O)CCC(=O)N1CC(=O)Nc2ccccc21. The summed E-state index contributed by atoms with van der Waals surface area (Å²) in [6, 6.07) is 16.5. The number of anilines is 2. The molecule has 0 saturated heterocycles. The zero-order chi connectivity index (χ0) is 22.2. The molecule has 0 spiro atoms. The van der Waals surface area contributed by atoms with E-state index in [-0.39, 0.29) is 50.1 Å². The van der Waals surface area contributed by atoms with Crippen molar-refractivity contribution in [2.45, 2.75) is 25.8 Å². The molecule has 1 aliphatic rings. The Labute approximate surface area is 180 Å². The molecule has 1 N–H and O–H groups in total. The van der Waals surface area contributed by atoms with E-state index in [1.807, 2.05) is 30.3 Å². The molecule has 8 nitrogen and oxygen atoms in total. The molecule has 0 radical (unpaired) electrons. The van der Waals surface area contributed by atoms with Gasteiger partial charge < -0.3 is 19.9 Å².